The minimum Gasteiger partial charge on any atom is -0.293 e. The molecule has 3 nitrogen and oxygen atoms in total. The van der Waals surface area contributed by atoms with Crippen LogP contribution in [0, 0.1) is 0 Å². The van der Waals surface area contributed by atoms with Crippen molar-refractivity contribution in [3.8, 4) is 0 Å². The number of hydrogen-bond acceptors (Lipinski definition) is 2. The molecule has 0 aliphatic rings. The number of nitrogens with zero attached hydrogens (tertiary/aromatic N) is 2. The Hall–Kier alpha value is -0.840. The second-order valence-electron chi connectivity index (χ2n) is 3.41. The fourth-order valence-electron chi connectivity index (χ4n) is 1.39. The number of benzene rings is 1. The van der Waals surface area contributed by atoms with Gasteiger partial charge in [-0.1, -0.05) is 51.3 Å². The molecule has 0 fully saturated rings. The molecule has 0 aliphatic carbocycles. The highest BCUT2D eigenvalue weighted by Gasteiger charge is 2.07. The van der Waals surface area contributed by atoms with Crippen molar-refractivity contribution >= 4 is 39.1 Å². The minimum absolute atomic E-state index is 0.0298. The van der Waals surface area contributed by atoms with Crippen LogP contribution >= 0.6 is 39.1 Å². The maximum atomic E-state index is 11.8. The van der Waals surface area contributed by atoms with Crippen molar-refractivity contribution in [1.82, 2.24) is 9.55 Å². The molecule has 2 aromatic rings. The van der Waals surface area contributed by atoms with Gasteiger partial charge in [0.2, 0.25) is 0 Å². The van der Waals surface area contributed by atoms with Crippen molar-refractivity contribution in [2.24, 2.45) is 0 Å². The van der Waals surface area contributed by atoms with E-state index in [4.69, 9.17) is 23.2 Å². The van der Waals surface area contributed by atoms with E-state index < -0.39 is 0 Å². The van der Waals surface area contributed by atoms with Gasteiger partial charge in [0, 0.05) is 4.47 Å². The molecule has 1 heterocycles. The Morgan fingerprint density at radius 2 is 2.12 bits per heavy atom. The first-order valence-electron chi connectivity index (χ1n) is 4.73. The SMILES string of the molecule is O=c1c(Cl)c(Cl)ncn1Cc1cccc(Br)c1. The van der Waals surface area contributed by atoms with E-state index in [1.165, 1.54) is 10.9 Å². The standard InChI is InChI=1S/C11H7BrCl2N2O/c12-8-3-1-2-7(4-8)5-16-6-15-10(14)9(13)11(16)17/h1-4,6H,5H2. The van der Waals surface area contributed by atoms with Crippen LogP contribution in [0.4, 0.5) is 0 Å². The van der Waals surface area contributed by atoms with E-state index in [1.807, 2.05) is 24.3 Å². The van der Waals surface area contributed by atoms with E-state index >= 15 is 0 Å². The molecule has 88 valence electrons. The molecular weight excluding hydrogens is 327 g/mol. The Kier molecular flexibility index (Phi) is 3.86. The first kappa shape index (κ1) is 12.6. The molecule has 0 radical (unpaired) electrons. The summed E-state index contributed by atoms with van der Waals surface area (Å²) in [7, 11) is 0. The molecule has 0 unspecified atom stereocenters. The van der Waals surface area contributed by atoms with Crippen molar-refractivity contribution in [3.05, 3.63) is 61.2 Å². The van der Waals surface area contributed by atoms with E-state index in [2.05, 4.69) is 20.9 Å². The summed E-state index contributed by atoms with van der Waals surface area (Å²) >= 11 is 14.8. The zero-order valence-electron chi connectivity index (χ0n) is 8.53. The smallest absolute Gasteiger partial charge is 0.273 e. The van der Waals surface area contributed by atoms with Gasteiger partial charge in [-0.3, -0.25) is 9.36 Å². The molecule has 17 heavy (non-hydrogen) atoms. The van der Waals surface area contributed by atoms with Crippen LogP contribution in [0.5, 0.6) is 0 Å². The lowest BCUT2D eigenvalue weighted by Crippen LogP contribution is -2.21. The summed E-state index contributed by atoms with van der Waals surface area (Å²) in [5.74, 6) is 0. The van der Waals surface area contributed by atoms with Gasteiger partial charge in [-0.2, -0.15) is 0 Å². The molecule has 0 spiro atoms. The molecule has 1 aromatic heterocycles. The summed E-state index contributed by atoms with van der Waals surface area (Å²) in [5, 5.41) is -0.0219. The number of aromatic nitrogens is 2. The van der Waals surface area contributed by atoms with Gasteiger partial charge in [0.05, 0.1) is 12.9 Å². The Morgan fingerprint density at radius 1 is 1.35 bits per heavy atom. The highest BCUT2D eigenvalue weighted by Crippen LogP contribution is 2.15. The molecule has 0 saturated heterocycles. The van der Waals surface area contributed by atoms with E-state index in [1.54, 1.807) is 0 Å². The molecule has 6 heteroatoms. The Bertz CT molecular complexity index is 613. The van der Waals surface area contributed by atoms with Crippen LogP contribution in [0.3, 0.4) is 0 Å². The van der Waals surface area contributed by atoms with E-state index in [0.717, 1.165) is 10.0 Å². The highest BCUT2D eigenvalue weighted by atomic mass is 79.9. The molecule has 0 amide bonds. The molecule has 0 saturated carbocycles. The fourth-order valence-corrected chi connectivity index (χ4v) is 2.12. The van der Waals surface area contributed by atoms with Crippen molar-refractivity contribution < 1.29 is 0 Å². The molecular formula is C11H7BrCl2N2O. The average Bonchev–Trinajstić information content (AvgIpc) is 2.30. The van der Waals surface area contributed by atoms with Gasteiger partial charge in [-0.25, -0.2) is 4.98 Å². The number of halogens is 3. The van der Waals surface area contributed by atoms with Gasteiger partial charge < -0.3 is 0 Å². The predicted octanol–water partition coefficient (Wildman–Crippen LogP) is 3.36. The number of hydrogen-bond donors (Lipinski definition) is 0. The van der Waals surface area contributed by atoms with Crippen molar-refractivity contribution in [3.63, 3.8) is 0 Å². The van der Waals surface area contributed by atoms with E-state index in [-0.39, 0.29) is 15.7 Å². The van der Waals surface area contributed by atoms with Crippen LogP contribution in [-0.4, -0.2) is 9.55 Å². The topological polar surface area (TPSA) is 34.9 Å². The van der Waals surface area contributed by atoms with E-state index in [9.17, 15) is 4.79 Å². The second-order valence-corrected chi connectivity index (χ2v) is 5.06. The van der Waals surface area contributed by atoms with Gasteiger partial charge in [-0.15, -0.1) is 0 Å². The van der Waals surface area contributed by atoms with Crippen LogP contribution in [-0.2, 0) is 6.54 Å². The van der Waals surface area contributed by atoms with Crippen LogP contribution < -0.4 is 5.56 Å². The average molecular weight is 334 g/mol. The van der Waals surface area contributed by atoms with Gasteiger partial charge in [0.15, 0.2) is 5.15 Å². The maximum Gasteiger partial charge on any atom is 0.273 e. The summed E-state index contributed by atoms with van der Waals surface area (Å²) in [4.78, 5) is 15.6. The van der Waals surface area contributed by atoms with Crippen LogP contribution in [0.15, 0.2) is 39.9 Å². The largest absolute Gasteiger partial charge is 0.293 e. The van der Waals surface area contributed by atoms with Gasteiger partial charge in [0.25, 0.3) is 5.56 Å². The summed E-state index contributed by atoms with van der Waals surface area (Å²) in [6.07, 6.45) is 1.39. The molecule has 0 atom stereocenters. The molecule has 0 aliphatic heterocycles. The Morgan fingerprint density at radius 3 is 2.82 bits per heavy atom. The quantitative estimate of drug-likeness (QED) is 0.790. The van der Waals surface area contributed by atoms with Gasteiger partial charge >= 0.3 is 0 Å². The monoisotopic (exact) mass is 332 g/mol. The summed E-state index contributed by atoms with van der Waals surface area (Å²) < 4.78 is 2.37. The first-order valence-corrected chi connectivity index (χ1v) is 6.27. The second kappa shape index (κ2) is 5.21. The molecule has 0 bridgehead atoms. The Balaban J connectivity index is 2.37. The lowest BCUT2D eigenvalue weighted by atomic mass is 10.2. The molecule has 0 N–H and O–H groups in total. The lowest BCUT2D eigenvalue weighted by Gasteiger charge is -2.06. The van der Waals surface area contributed by atoms with Gasteiger partial charge in [0.1, 0.15) is 5.02 Å². The third-order valence-electron chi connectivity index (χ3n) is 2.18. The highest BCUT2D eigenvalue weighted by molar-refractivity contribution is 9.10. The third-order valence-corrected chi connectivity index (χ3v) is 3.40. The summed E-state index contributed by atoms with van der Waals surface area (Å²) in [5.41, 5.74) is 0.633. The predicted molar refractivity (Wildman–Crippen MR) is 71.8 cm³/mol. The lowest BCUT2D eigenvalue weighted by molar-refractivity contribution is 0.736. The Labute approximate surface area is 116 Å². The van der Waals surface area contributed by atoms with Crippen LogP contribution in [0.25, 0.3) is 0 Å². The number of rotatable bonds is 2. The minimum atomic E-state index is -0.341. The fraction of sp³-hybridized carbons (Fsp3) is 0.0909. The van der Waals surface area contributed by atoms with E-state index in [0.29, 0.717) is 6.54 Å². The van der Waals surface area contributed by atoms with Crippen LogP contribution in [0.2, 0.25) is 10.2 Å². The summed E-state index contributed by atoms with van der Waals surface area (Å²) in [6, 6.07) is 7.66. The zero-order chi connectivity index (χ0) is 12.4. The van der Waals surface area contributed by atoms with Crippen molar-refractivity contribution in [2.75, 3.05) is 0 Å². The summed E-state index contributed by atoms with van der Waals surface area (Å²) in [6.45, 7) is 0.405. The zero-order valence-corrected chi connectivity index (χ0v) is 11.6. The van der Waals surface area contributed by atoms with Crippen molar-refractivity contribution in [2.45, 2.75) is 6.54 Å². The molecule has 2 rings (SSSR count). The molecule has 1 aromatic carbocycles. The van der Waals surface area contributed by atoms with Crippen molar-refractivity contribution in [1.29, 1.82) is 0 Å². The normalized spacial score (nSPS) is 10.5. The maximum absolute atomic E-state index is 11.8. The van der Waals surface area contributed by atoms with Crippen LogP contribution in [0.1, 0.15) is 5.56 Å². The first-order chi connectivity index (χ1) is 8.08. The van der Waals surface area contributed by atoms with Gasteiger partial charge in [-0.05, 0) is 17.7 Å². The third kappa shape index (κ3) is 2.89.